The van der Waals surface area contributed by atoms with Crippen molar-refractivity contribution in [3.63, 3.8) is 0 Å². The molecule has 4 aromatic carbocycles. The summed E-state index contributed by atoms with van der Waals surface area (Å²) in [5, 5.41) is 0. The van der Waals surface area contributed by atoms with E-state index in [1.54, 1.807) is 0 Å². The second kappa shape index (κ2) is 23.8. The second-order valence-electron chi connectivity index (χ2n) is 14.3. The van der Waals surface area contributed by atoms with Crippen molar-refractivity contribution in [3.05, 3.63) is 236 Å². The standard InChI is InChI=1S/C52H48.4Na/c1-37-13-5-9-17-41(37)21-25-45-33-50-31-32-52-36-47(27-23-43-19-11-7-15-39(43)3)51(35-48(52)28-24-44-20-12-8-16-40(44)4)30-29-49(45)34-46(50)26-22-42-18-10-6-14-38(42)2;;;;/h5-28,33-36H,29-32H2,1-4H3;;;;/q-4;4*+1/b25-21-,26-22+,27-23+,44-24+;;;;. The van der Waals surface area contributed by atoms with Gasteiger partial charge in [0.25, 0.3) is 0 Å². The van der Waals surface area contributed by atoms with E-state index in [1.165, 1.54) is 90.1 Å². The van der Waals surface area contributed by atoms with E-state index in [0.29, 0.717) is 0 Å². The van der Waals surface area contributed by atoms with Gasteiger partial charge in [-0.05, 0) is 66.1 Å². The number of hydrogen-bond acceptors (Lipinski definition) is 0. The molecule has 10 rings (SSSR count). The Bertz CT molecular complexity index is 2190. The van der Waals surface area contributed by atoms with Gasteiger partial charge < -0.3 is 0 Å². The quantitative estimate of drug-likeness (QED) is 0.145. The number of allylic oxidation sites excluding steroid dienone is 12. The van der Waals surface area contributed by atoms with Crippen LogP contribution in [-0.4, -0.2) is 0 Å². The van der Waals surface area contributed by atoms with E-state index in [9.17, 15) is 0 Å². The van der Waals surface area contributed by atoms with Gasteiger partial charge in [0, 0.05) is 0 Å². The van der Waals surface area contributed by atoms with E-state index >= 15 is 0 Å². The van der Waals surface area contributed by atoms with Crippen LogP contribution in [0.1, 0.15) is 75.4 Å². The summed E-state index contributed by atoms with van der Waals surface area (Å²) in [6, 6.07) is 30.9. The second-order valence-corrected chi connectivity index (χ2v) is 14.3. The molecular formula is C52H48Na4. The maximum absolute atomic E-state index is 2.47. The molecule has 0 aliphatic heterocycles. The molecule has 56 heavy (non-hydrogen) atoms. The monoisotopic (exact) mass is 764 g/mol. The van der Waals surface area contributed by atoms with Crippen LogP contribution in [-0.2, 0) is 12.8 Å². The molecule has 0 nitrogen and oxygen atoms in total. The summed E-state index contributed by atoms with van der Waals surface area (Å²) < 4.78 is 0. The molecule has 0 amide bonds. The van der Waals surface area contributed by atoms with E-state index in [-0.39, 0.29) is 118 Å². The van der Waals surface area contributed by atoms with Crippen molar-refractivity contribution >= 4 is 24.3 Å². The molecule has 0 atom stereocenters. The van der Waals surface area contributed by atoms with Crippen LogP contribution < -0.4 is 118 Å². The van der Waals surface area contributed by atoms with Crippen LogP contribution in [0.15, 0.2) is 156 Å². The number of rotatable bonds is 8. The third-order valence-electron chi connectivity index (χ3n) is 10.7. The first-order valence-corrected chi connectivity index (χ1v) is 18.7. The van der Waals surface area contributed by atoms with Gasteiger partial charge in [0.05, 0.1) is 0 Å². The van der Waals surface area contributed by atoms with Gasteiger partial charge in [-0.15, -0.1) is 29.9 Å². The Hall–Kier alpha value is -1.72. The van der Waals surface area contributed by atoms with E-state index in [4.69, 9.17) is 0 Å². The van der Waals surface area contributed by atoms with Crippen LogP contribution >= 0.6 is 0 Å². The Labute approximate surface area is 426 Å². The van der Waals surface area contributed by atoms with Gasteiger partial charge in [-0.2, -0.15) is 48.3 Å². The predicted molar refractivity (Wildman–Crippen MR) is 225 cm³/mol. The Balaban J connectivity index is 0.00000210. The molecular weight excluding hydrogens is 717 g/mol. The molecule has 6 aliphatic rings. The van der Waals surface area contributed by atoms with Crippen molar-refractivity contribution in [2.75, 3.05) is 0 Å². The van der Waals surface area contributed by atoms with Crippen molar-refractivity contribution < 1.29 is 118 Å². The molecule has 0 unspecified atom stereocenters. The zero-order chi connectivity index (χ0) is 35.9. The third kappa shape index (κ3) is 12.6. The molecule has 0 saturated carbocycles. The van der Waals surface area contributed by atoms with E-state index in [0.717, 1.165) is 25.7 Å². The average Bonchev–Trinajstić information content (AvgIpc) is 3.15. The Kier molecular flexibility index (Phi) is 20.6. The first-order valence-electron chi connectivity index (χ1n) is 18.7. The summed E-state index contributed by atoms with van der Waals surface area (Å²) in [6.07, 6.45) is 36.0. The van der Waals surface area contributed by atoms with Crippen LogP contribution in [0.3, 0.4) is 0 Å². The molecule has 0 aromatic heterocycles. The van der Waals surface area contributed by atoms with Gasteiger partial charge in [-0.25, -0.2) is 46.8 Å². The summed E-state index contributed by atoms with van der Waals surface area (Å²) in [4.78, 5) is 0. The number of hydrogen-bond donors (Lipinski definition) is 0. The van der Waals surface area contributed by atoms with Gasteiger partial charge in [0.1, 0.15) is 0 Å². The fourth-order valence-corrected chi connectivity index (χ4v) is 7.29. The summed E-state index contributed by atoms with van der Waals surface area (Å²) in [6.45, 7) is 8.77. The van der Waals surface area contributed by atoms with Gasteiger partial charge >= 0.3 is 118 Å². The summed E-state index contributed by atoms with van der Waals surface area (Å²) in [5.74, 6) is 4.06. The van der Waals surface area contributed by atoms with Crippen LogP contribution in [0.25, 0.3) is 24.3 Å². The Morgan fingerprint density at radius 3 is 1.50 bits per heavy atom. The first-order chi connectivity index (χ1) is 25.4. The molecule has 4 heteroatoms. The minimum Gasteiger partial charge on any atom is -0.227 e. The molecule has 0 N–H and O–H groups in total. The third-order valence-corrected chi connectivity index (χ3v) is 10.7. The van der Waals surface area contributed by atoms with Crippen LogP contribution in [0.5, 0.6) is 0 Å². The zero-order valence-corrected chi connectivity index (χ0v) is 43.0. The smallest absolute Gasteiger partial charge is 0.227 e. The van der Waals surface area contributed by atoms with E-state index < -0.39 is 0 Å². The maximum Gasteiger partial charge on any atom is 1.00 e. The molecule has 4 bridgehead atoms. The van der Waals surface area contributed by atoms with E-state index in [1.807, 2.05) is 0 Å². The summed E-state index contributed by atoms with van der Waals surface area (Å²) in [7, 11) is 0. The molecule has 6 aliphatic carbocycles. The fraction of sp³-hybridized carbons (Fsp3) is 0.154. The van der Waals surface area contributed by atoms with Crippen LogP contribution in [0.2, 0.25) is 0 Å². The minimum atomic E-state index is 0. The Morgan fingerprint density at radius 1 is 0.536 bits per heavy atom. The normalized spacial score (nSPS) is 15.5. The van der Waals surface area contributed by atoms with Gasteiger partial charge in [0.2, 0.25) is 0 Å². The van der Waals surface area contributed by atoms with Crippen LogP contribution in [0, 0.1) is 44.9 Å². The fourth-order valence-electron chi connectivity index (χ4n) is 7.29. The molecule has 0 heterocycles. The van der Waals surface area contributed by atoms with Gasteiger partial charge in [-0.1, -0.05) is 123 Å². The van der Waals surface area contributed by atoms with Crippen molar-refractivity contribution in [2.45, 2.75) is 53.4 Å². The SMILES string of the molecule is Cc1ccccc1/C=C\C1=C[C-]2CCc3cc(/C=C/c4ccccc4C)c(cc3[CH-]/C=C3\C=CC=C[C-]3C)CC[C-]1C=C2/C=C/c1ccccc1C.[Na+].[Na+].[Na+].[Na+]. The topological polar surface area (TPSA) is 0 Å². The van der Waals surface area contributed by atoms with Crippen molar-refractivity contribution in [3.8, 4) is 0 Å². The zero-order valence-electron chi connectivity index (χ0n) is 35.0. The number of aryl methyl sites for hydroxylation is 5. The number of benzene rings is 4. The molecule has 260 valence electrons. The maximum atomic E-state index is 2.47. The van der Waals surface area contributed by atoms with E-state index in [2.05, 4.69) is 198 Å². The van der Waals surface area contributed by atoms with Crippen molar-refractivity contribution in [1.29, 1.82) is 0 Å². The van der Waals surface area contributed by atoms with Crippen LogP contribution in [0.4, 0.5) is 0 Å². The average molecular weight is 765 g/mol. The Morgan fingerprint density at radius 2 is 1.00 bits per heavy atom. The minimum absolute atomic E-state index is 0. The largest absolute Gasteiger partial charge is 1.00 e. The first kappa shape index (κ1) is 48.6. The van der Waals surface area contributed by atoms with Gasteiger partial charge in [0.15, 0.2) is 0 Å². The van der Waals surface area contributed by atoms with Crippen molar-refractivity contribution in [2.24, 2.45) is 0 Å². The molecule has 0 saturated heterocycles. The summed E-state index contributed by atoms with van der Waals surface area (Å²) in [5.41, 5.74) is 17.0. The summed E-state index contributed by atoms with van der Waals surface area (Å²) >= 11 is 0. The molecule has 0 fully saturated rings. The van der Waals surface area contributed by atoms with Crippen molar-refractivity contribution in [1.82, 2.24) is 0 Å². The molecule has 4 aromatic rings. The molecule has 0 spiro atoms. The van der Waals surface area contributed by atoms with Gasteiger partial charge in [-0.3, -0.25) is 0 Å². The molecule has 0 radical (unpaired) electrons. The predicted octanol–water partition coefficient (Wildman–Crippen LogP) is 1.32.